The van der Waals surface area contributed by atoms with Crippen LogP contribution in [0.4, 0.5) is 5.69 Å². The SMILES string of the molecule is Cc1cc(SCc2ccc(N)cc2Cl)n(C)n1. The maximum Gasteiger partial charge on any atom is 0.0942 e. The zero-order valence-electron chi connectivity index (χ0n) is 9.77. The van der Waals surface area contributed by atoms with Crippen LogP contribution < -0.4 is 5.73 Å². The number of rotatable bonds is 3. The van der Waals surface area contributed by atoms with Crippen LogP contribution >= 0.6 is 23.4 Å². The Bertz CT molecular complexity index is 537. The highest BCUT2D eigenvalue weighted by atomic mass is 35.5. The number of aromatic nitrogens is 2. The molecule has 90 valence electrons. The van der Waals surface area contributed by atoms with E-state index in [0.29, 0.717) is 5.69 Å². The fraction of sp³-hybridized carbons (Fsp3) is 0.250. The van der Waals surface area contributed by atoms with E-state index in [9.17, 15) is 0 Å². The first-order chi connectivity index (χ1) is 8.06. The van der Waals surface area contributed by atoms with Gasteiger partial charge in [0.25, 0.3) is 0 Å². The van der Waals surface area contributed by atoms with Crippen molar-refractivity contribution >= 4 is 29.1 Å². The van der Waals surface area contributed by atoms with Crippen LogP contribution in [0.25, 0.3) is 0 Å². The average Bonchev–Trinajstić information content (AvgIpc) is 2.56. The smallest absolute Gasteiger partial charge is 0.0942 e. The molecule has 0 spiro atoms. The average molecular weight is 268 g/mol. The highest BCUT2D eigenvalue weighted by Gasteiger charge is 2.05. The Morgan fingerprint density at radius 2 is 2.18 bits per heavy atom. The fourth-order valence-corrected chi connectivity index (χ4v) is 2.93. The molecule has 0 saturated carbocycles. The molecule has 0 aliphatic carbocycles. The Labute approximate surface area is 110 Å². The molecule has 0 aliphatic heterocycles. The first kappa shape index (κ1) is 12.3. The van der Waals surface area contributed by atoms with E-state index in [4.69, 9.17) is 17.3 Å². The van der Waals surface area contributed by atoms with Crippen molar-refractivity contribution in [2.24, 2.45) is 7.05 Å². The van der Waals surface area contributed by atoms with E-state index in [1.807, 2.05) is 30.8 Å². The standard InChI is InChI=1S/C12H14ClN3S/c1-8-5-12(16(2)15-8)17-7-9-3-4-10(14)6-11(9)13/h3-6H,7,14H2,1-2H3. The van der Waals surface area contributed by atoms with E-state index in [2.05, 4.69) is 11.2 Å². The molecule has 0 atom stereocenters. The van der Waals surface area contributed by atoms with Crippen molar-refractivity contribution in [1.82, 2.24) is 9.78 Å². The molecule has 0 saturated heterocycles. The number of benzene rings is 1. The van der Waals surface area contributed by atoms with Gasteiger partial charge in [-0.2, -0.15) is 5.10 Å². The lowest BCUT2D eigenvalue weighted by molar-refractivity contribution is 0.692. The Balaban J connectivity index is 2.10. The van der Waals surface area contributed by atoms with Gasteiger partial charge in [0.1, 0.15) is 0 Å². The summed E-state index contributed by atoms with van der Waals surface area (Å²) in [6.07, 6.45) is 0. The van der Waals surface area contributed by atoms with E-state index < -0.39 is 0 Å². The van der Waals surface area contributed by atoms with Crippen molar-refractivity contribution in [3.05, 3.63) is 40.5 Å². The van der Waals surface area contributed by atoms with E-state index in [1.54, 1.807) is 17.8 Å². The molecule has 2 rings (SSSR count). The van der Waals surface area contributed by atoms with E-state index >= 15 is 0 Å². The highest BCUT2D eigenvalue weighted by molar-refractivity contribution is 7.98. The normalized spacial score (nSPS) is 10.8. The van der Waals surface area contributed by atoms with Crippen LogP contribution in [-0.4, -0.2) is 9.78 Å². The Kier molecular flexibility index (Phi) is 3.64. The third kappa shape index (κ3) is 2.96. The number of thioether (sulfide) groups is 1. The zero-order valence-corrected chi connectivity index (χ0v) is 11.3. The number of nitrogen functional groups attached to an aromatic ring is 1. The fourth-order valence-electron chi connectivity index (χ4n) is 1.55. The Morgan fingerprint density at radius 1 is 1.41 bits per heavy atom. The second-order valence-corrected chi connectivity index (χ2v) is 5.29. The van der Waals surface area contributed by atoms with Gasteiger partial charge in [-0.15, -0.1) is 11.8 Å². The molecule has 17 heavy (non-hydrogen) atoms. The van der Waals surface area contributed by atoms with Crippen LogP contribution in [0.1, 0.15) is 11.3 Å². The second-order valence-electron chi connectivity index (χ2n) is 3.89. The molecule has 1 aromatic carbocycles. The summed E-state index contributed by atoms with van der Waals surface area (Å²) in [5, 5.41) is 6.16. The molecule has 0 aliphatic rings. The predicted molar refractivity (Wildman–Crippen MR) is 73.4 cm³/mol. The van der Waals surface area contributed by atoms with Crippen LogP contribution in [0.15, 0.2) is 29.3 Å². The van der Waals surface area contributed by atoms with Crippen LogP contribution in [0.2, 0.25) is 5.02 Å². The Morgan fingerprint density at radius 3 is 2.76 bits per heavy atom. The van der Waals surface area contributed by atoms with E-state index in [0.717, 1.165) is 27.1 Å². The minimum Gasteiger partial charge on any atom is -0.399 e. The number of anilines is 1. The van der Waals surface area contributed by atoms with Gasteiger partial charge in [0, 0.05) is 23.5 Å². The number of nitrogens with two attached hydrogens (primary N) is 1. The number of nitrogens with zero attached hydrogens (tertiary/aromatic N) is 2. The van der Waals surface area contributed by atoms with Crippen LogP contribution in [-0.2, 0) is 12.8 Å². The lowest BCUT2D eigenvalue weighted by Crippen LogP contribution is -1.93. The van der Waals surface area contributed by atoms with Gasteiger partial charge in [0.2, 0.25) is 0 Å². The predicted octanol–water partition coefficient (Wildman–Crippen LogP) is 3.26. The van der Waals surface area contributed by atoms with Crippen LogP contribution in [0, 0.1) is 6.92 Å². The van der Waals surface area contributed by atoms with Crippen molar-refractivity contribution in [1.29, 1.82) is 0 Å². The first-order valence-electron chi connectivity index (χ1n) is 5.23. The van der Waals surface area contributed by atoms with Crippen LogP contribution in [0.5, 0.6) is 0 Å². The molecule has 1 aromatic heterocycles. The minimum atomic E-state index is 0.695. The minimum absolute atomic E-state index is 0.695. The maximum atomic E-state index is 6.12. The molecule has 5 heteroatoms. The maximum absolute atomic E-state index is 6.12. The summed E-state index contributed by atoms with van der Waals surface area (Å²) in [7, 11) is 1.94. The van der Waals surface area contributed by atoms with Crippen LogP contribution in [0.3, 0.4) is 0 Å². The summed E-state index contributed by atoms with van der Waals surface area (Å²) < 4.78 is 1.88. The number of hydrogen-bond donors (Lipinski definition) is 1. The largest absolute Gasteiger partial charge is 0.399 e. The van der Waals surface area contributed by atoms with Gasteiger partial charge in [0.15, 0.2) is 0 Å². The molecule has 0 unspecified atom stereocenters. The molecule has 0 fully saturated rings. The molecule has 1 heterocycles. The molecule has 2 aromatic rings. The van der Waals surface area contributed by atoms with Gasteiger partial charge in [-0.25, -0.2) is 0 Å². The molecular weight excluding hydrogens is 254 g/mol. The lowest BCUT2D eigenvalue weighted by atomic mass is 10.2. The quantitative estimate of drug-likeness (QED) is 0.686. The van der Waals surface area contributed by atoms with Crippen molar-refractivity contribution < 1.29 is 0 Å². The third-order valence-corrected chi connectivity index (χ3v) is 3.90. The summed E-state index contributed by atoms with van der Waals surface area (Å²) in [6.45, 7) is 1.99. The number of aryl methyl sites for hydroxylation is 2. The molecular formula is C12H14ClN3S. The lowest BCUT2D eigenvalue weighted by Gasteiger charge is -2.05. The van der Waals surface area contributed by atoms with Gasteiger partial charge >= 0.3 is 0 Å². The summed E-state index contributed by atoms with van der Waals surface area (Å²) in [5.74, 6) is 0.818. The van der Waals surface area contributed by atoms with Gasteiger partial charge in [0.05, 0.1) is 10.7 Å². The zero-order chi connectivity index (χ0) is 12.4. The molecule has 3 nitrogen and oxygen atoms in total. The molecule has 0 radical (unpaired) electrons. The van der Waals surface area contributed by atoms with E-state index in [1.165, 1.54) is 0 Å². The van der Waals surface area contributed by atoms with E-state index in [-0.39, 0.29) is 0 Å². The summed E-state index contributed by atoms with van der Waals surface area (Å²) in [5.41, 5.74) is 8.47. The number of halogens is 1. The van der Waals surface area contributed by atoms with Gasteiger partial charge in [-0.05, 0) is 30.7 Å². The molecule has 0 bridgehead atoms. The number of hydrogen-bond acceptors (Lipinski definition) is 3. The topological polar surface area (TPSA) is 43.8 Å². The first-order valence-corrected chi connectivity index (χ1v) is 6.60. The van der Waals surface area contributed by atoms with Crippen molar-refractivity contribution in [2.75, 3.05) is 5.73 Å². The highest BCUT2D eigenvalue weighted by Crippen LogP contribution is 2.27. The monoisotopic (exact) mass is 267 g/mol. The second kappa shape index (κ2) is 5.02. The van der Waals surface area contributed by atoms with Gasteiger partial charge < -0.3 is 5.73 Å². The van der Waals surface area contributed by atoms with Gasteiger partial charge in [-0.3, -0.25) is 4.68 Å². The van der Waals surface area contributed by atoms with Gasteiger partial charge in [-0.1, -0.05) is 17.7 Å². The summed E-state index contributed by atoms with van der Waals surface area (Å²) in [4.78, 5) is 0. The molecule has 2 N–H and O–H groups in total. The Hall–Kier alpha value is -1.13. The third-order valence-electron chi connectivity index (χ3n) is 2.41. The summed E-state index contributed by atoms with van der Waals surface area (Å²) in [6, 6.07) is 7.69. The molecule has 0 amide bonds. The summed E-state index contributed by atoms with van der Waals surface area (Å²) >= 11 is 7.84. The van der Waals surface area contributed by atoms with Crippen molar-refractivity contribution in [3.8, 4) is 0 Å². The van der Waals surface area contributed by atoms with Crippen molar-refractivity contribution in [3.63, 3.8) is 0 Å². The van der Waals surface area contributed by atoms with Crippen molar-refractivity contribution in [2.45, 2.75) is 17.7 Å².